The molecule has 0 spiro atoms. The summed E-state index contributed by atoms with van der Waals surface area (Å²) in [6.07, 6.45) is 0. The molecule has 3 rings (SSSR count). The van der Waals surface area contributed by atoms with Crippen LogP contribution in [0.15, 0.2) is 40.9 Å². The van der Waals surface area contributed by atoms with E-state index in [1.807, 2.05) is 0 Å². The number of anilines is 1. The van der Waals surface area contributed by atoms with Crippen LogP contribution in [0.4, 0.5) is 18.9 Å². The van der Waals surface area contributed by atoms with Crippen molar-refractivity contribution in [3.63, 3.8) is 0 Å². The van der Waals surface area contributed by atoms with E-state index >= 15 is 0 Å². The first-order valence-electron chi connectivity index (χ1n) is 6.32. The topological polar surface area (TPSA) is 46.6 Å². The molecule has 0 radical (unpaired) electrons. The Balaban J connectivity index is 2.16. The van der Waals surface area contributed by atoms with Crippen molar-refractivity contribution in [2.24, 2.45) is 0 Å². The van der Waals surface area contributed by atoms with Crippen molar-refractivity contribution in [2.75, 3.05) is 4.90 Å². The van der Waals surface area contributed by atoms with E-state index in [-0.39, 0.29) is 21.3 Å². The van der Waals surface area contributed by atoms with Crippen molar-refractivity contribution in [2.45, 2.75) is 6.61 Å². The second kappa shape index (κ2) is 5.69. The molecule has 23 heavy (non-hydrogen) atoms. The van der Waals surface area contributed by atoms with E-state index in [0.29, 0.717) is 4.90 Å². The number of carbonyl (C=O) groups is 2. The molecule has 0 unspecified atom stereocenters. The second-order valence-corrected chi connectivity index (χ2v) is 5.46. The van der Waals surface area contributed by atoms with Gasteiger partial charge in [-0.3, -0.25) is 9.59 Å². The smallest absolute Gasteiger partial charge is 0.387 e. The molecule has 2 aromatic rings. The second-order valence-electron chi connectivity index (χ2n) is 4.61. The summed E-state index contributed by atoms with van der Waals surface area (Å²) >= 11 is 2.90. The summed E-state index contributed by atoms with van der Waals surface area (Å²) in [6.45, 7) is -3.20. The number of rotatable bonds is 3. The Bertz CT molecular complexity index is 791. The van der Waals surface area contributed by atoms with Gasteiger partial charge < -0.3 is 4.74 Å². The van der Waals surface area contributed by atoms with Crippen LogP contribution in [-0.4, -0.2) is 18.4 Å². The zero-order valence-electron chi connectivity index (χ0n) is 11.2. The van der Waals surface area contributed by atoms with Gasteiger partial charge in [-0.2, -0.15) is 8.78 Å². The van der Waals surface area contributed by atoms with E-state index in [1.54, 1.807) is 12.1 Å². The Kier molecular flexibility index (Phi) is 3.85. The normalized spacial score (nSPS) is 13.7. The molecule has 4 nitrogen and oxygen atoms in total. The van der Waals surface area contributed by atoms with Gasteiger partial charge >= 0.3 is 6.61 Å². The summed E-state index contributed by atoms with van der Waals surface area (Å²) < 4.78 is 43.1. The van der Waals surface area contributed by atoms with Gasteiger partial charge in [0.1, 0.15) is 5.82 Å². The van der Waals surface area contributed by atoms with E-state index in [0.717, 1.165) is 12.1 Å². The number of carbonyl (C=O) groups excluding carboxylic acids is 2. The molecule has 0 aromatic heterocycles. The zero-order valence-corrected chi connectivity index (χ0v) is 12.8. The predicted octanol–water partition coefficient (Wildman–Crippen LogP) is 3.99. The number of benzene rings is 2. The highest BCUT2D eigenvalue weighted by molar-refractivity contribution is 9.10. The molecular weight excluding hydrogens is 379 g/mol. The van der Waals surface area contributed by atoms with Crippen molar-refractivity contribution in [3.05, 3.63) is 57.8 Å². The molecule has 0 aliphatic carbocycles. The standard InChI is InChI=1S/C15H7BrF3NO3/c16-10-5-7(17)6-11(12(10)23-15(18)19)20-13(21)8-3-1-2-4-9(8)14(20)22/h1-6,15H. The molecule has 0 saturated carbocycles. The molecule has 0 atom stereocenters. The Hall–Kier alpha value is -2.35. The maximum absolute atomic E-state index is 13.7. The third-order valence-corrected chi connectivity index (χ3v) is 3.82. The minimum absolute atomic E-state index is 0.112. The lowest BCUT2D eigenvalue weighted by Crippen LogP contribution is -2.30. The highest BCUT2D eigenvalue weighted by Crippen LogP contribution is 2.41. The van der Waals surface area contributed by atoms with Gasteiger partial charge in [0.2, 0.25) is 0 Å². The minimum atomic E-state index is -3.20. The van der Waals surface area contributed by atoms with Crippen LogP contribution in [0.3, 0.4) is 0 Å². The Morgan fingerprint density at radius 2 is 1.61 bits per heavy atom. The van der Waals surface area contributed by atoms with E-state index < -0.39 is 30.0 Å². The highest BCUT2D eigenvalue weighted by atomic mass is 79.9. The van der Waals surface area contributed by atoms with Gasteiger partial charge in [0.05, 0.1) is 21.3 Å². The molecular formula is C15H7BrF3NO3. The number of halogens is 4. The fraction of sp³-hybridized carbons (Fsp3) is 0.0667. The maximum atomic E-state index is 13.7. The molecule has 2 amide bonds. The molecule has 118 valence electrons. The zero-order chi connectivity index (χ0) is 16.7. The summed E-state index contributed by atoms with van der Waals surface area (Å²) in [6, 6.07) is 7.68. The van der Waals surface area contributed by atoms with Crippen LogP contribution in [-0.2, 0) is 0 Å². The molecule has 0 bridgehead atoms. The Morgan fingerprint density at radius 1 is 1.04 bits per heavy atom. The first-order chi connectivity index (χ1) is 10.9. The number of hydrogen-bond acceptors (Lipinski definition) is 3. The molecule has 0 N–H and O–H groups in total. The molecule has 0 fully saturated rings. The molecule has 1 aliphatic rings. The quantitative estimate of drug-likeness (QED) is 0.750. The number of hydrogen-bond donors (Lipinski definition) is 0. The van der Waals surface area contributed by atoms with Crippen molar-refractivity contribution >= 4 is 33.4 Å². The number of amides is 2. The summed E-state index contributed by atoms with van der Waals surface area (Å²) in [4.78, 5) is 25.4. The van der Waals surface area contributed by atoms with E-state index in [9.17, 15) is 22.8 Å². The number of imide groups is 1. The van der Waals surface area contributed by atoms with Gasteiger partial charge in [0.15, 0.2) is 5.75 Å². The first kappa shape index (κ1) is 15.5. The average molecular weight is 386 g/mol. The van der Waals surface area contributed by atoms with E-state index in [2.05, 4.69) is 20.7 Å². The van der Waals surface area contributed by atoms with E-state index in [1.165, 1.54) is 12.1 Å². The lowest BCUT2D eigenvalue weighted by molar-refractivity contribution is -0.0500. The number of nitrogens with zero attached hydrogens (tertiary/aromatic N) is 1. The van der Waals surface area contributed by atoms with Crippen molar-refractivity contribution in [1.82, 2.24) is 0 Å². The largest absolute Gasteiger partial charge is 0.431 e. The van der Waals surface area contributed by atoms with Gasteiger partial charge in [-0.1, -0.05) is 12.1 Å². The fourth-order valence-electron chi connectivity index (χ4n) is 2.33. The predicted molar refractivity (Wildman–Crippen MR) is 78.3 cm³/mol. The highest BCUT2D eigenvalue weighted by Gasteiger charge is 2.38. The van der Waals surface area contributed by atoms with Gasteiger partial charge in [-0.05, 0) is 34.1 Å². The Labute approximate surface area is 136 Å². The maximum Gasteiger partial charge on any atom is 0.387 e. The summed E-state index contributed by atoms with van der Waals surface area (Å²) in [7, 11) is 0. The summed E-state index contributed by atoms with van der Waals surface area (Å²) in [5.41, 5.74) is -0.162. The number of ether oxygens (including phenoxy) is 1. The fourth-order valence-corrected chi connectivity index (χ4v) is 2.84. The Morgan fingerprint density at radius 3 is 2.13 bits per heavy atom. The van der Waals surface area contributed by atoms with Crippen molar-refractivity contribution < 1.29 is 27.5 Å². The third-order valence-electron chi connectivity index (χ3n) is 3.23. The van der Waals surface area contributed by atoms with Gasteiger partial charge in [0, 0.05) is 6.07 Å². The third kappa shape index (κ3) is 2.59. The molecule has 2 aromatic carbocycles. The average Bonchev–Trinajstić information content (AvgIpc) is 2.74. The van der Waals surface area contributed by atoms with Crippen LogP contribution in [0.2, 0.25) is 0 Å². The van der Waals surface area contributed by atoms with Crippen molar-refractivity contribution in [1.29, 1.82) is 0 Å². The monoisotopic (exact) mass is 385 g/mol. The SMILES string of the molecule is O=C1c2ccccc2C(=O)N1c1cc(F)cc(Br)c1OC(F)F. The molecule has 1 aliphatic heterocycles. The van der Waals surface area contributed by atoms with Gasteiger partial charge in [-0.25, -0.2) is 9.29 Å². The van der Waals surface area contributed by atoms with Crippen LogP contribution in [0.5, 0.6) is 5.75 Å². The van der Waals surface area contributed by atoms with Crippen LogP contribution < -0.4 is 9.64 Å². The lowest BCUT2D eigenvalue weighted by Gasteiger charge is -2.19. The van der Waals surface area contributed by atoms with Gasteiger partial charge in [0.25, 0.3) is 11.8 Å². The van der Waals surface area contributed by atoms with Crippen LogP contribution in [0.1, 0.15) is 20.7 Å². The minimum Gasteiger partial charge on any atom is -0.431 e. The van der Waals surface area contributed by atoms with E-state index in [4.69, 9.17) is 0 Å². The number of alkyl halides is 2. The van der Waals surface area contributed by atoms with Crippen LogP contribution in [0, 0.1) is 5.82 Å². The lowest BCUT2D eigenvalue weighted by atomic mass is 10.1. The number of fused-ring (bicyclic) bond motifs is 1. The van der Waals surface area contributed by atoms with Crippen LogP contribution >= 0.6 is 15.9 Å². The first-order valence-corrected chi connectivity index (χ1v) is 7.11. The summed E-state index contributed by atoms with van der Waals surface area (Å²) in [5.74, 6) is -2.77. The summed E-state index contributed by atoms with van der Waals surface area (Å²) in [5, 5.41) is 0. The molecule has 8 heteroatoms. The molecule has 0 saturated heterocycles. The van der Waals surface area contributed by atoms with Gasteiger partial charge in [-0.15, -0.1) is 0 Å². The van der Waals surface area contributed by atoms with Crippen molar-refractivity contribution in [3.8, 4) is 5.75 Å². The molecule has 1 heterocycles. The van der Waals surface area contributed by atoms with Crippen LogP contribution in [0.25, 0.3) is 0 Å².